The third-order valence-corrected chi connectivity index (χ3v) is 4.56. The van der Waals surface area contributed by atoms with Gasteiger partial charge in [0.25, 0.3) is 0 Å². The van der Waals surface area contributed by atoms with Gasteiger partial charge in [-0.2, -0.15) is 0 Å². The lowest BCUT2D eigenvalue weighted by atomic mass is 10.0. The van der Waals surface area contributed by atoms with E-state index in [4.69, 9.17) is 5.73 Å². The summed E-state index contributed by atoms with van der Waals surface area (Å²) in [7, 11) is 0. The van der Waals surface area contributed by atoms with Crippen molar-refractivity contribution in [2.75, 3.05) is 6.54 Å². The van der Waals surface area contributed by atoms with Crippen LogP contribution in [0, 0.1) is 5.92 Å². The van der Waals surface area contributed by atoms with Crippen molar-refractivity contribution in [2.45, 2.75) is 37.0 Å². The van der Waals surface area contributed by atoms with E-state index in [0.29, 0.717) is 11.8 Å². The lowest BCUT2D eigenvalue weighted by Crippen LogP contribution is -2.40. The summed E-state index contributed by atoms with van der Waals surface area (Å²) >= 11 is 5.16. The highest BCUT2D eigenvalue weighted by molar-refractivity contribution is 9.10. The maximum atomic E-state index is 11.8. The lowest BCUT2D eigenvalue weighted by molar-refractivity contribution is -0.124. The highest BCUT2D eigenvalue weighted by atomic mass is 79.9. The Morgan fingerprint density at radius 2 is 1.89 bits per heavy atom. The minimum Gasteiger partial charge on any atom is -0.355 e. The van der Waals surface area contributed by atoms with E-state index in [1.807, 2.05) is 26.0 Å². The first kappa shape index (κ1) is 16.5. The van der Waals surface area contributed by atoms with E-state index in [0.717, 1.165) is 4.47 Å². The van der Waals surface area contributed by atoms with Gasteiger partial charge in [-0.05, 0) is 31.2 Å². The van der Waals surface area contributed by atoms with Gasteiger partial charge in [0.15, 0.2) is 0 Å². The van der Waals surface area contributed by atoms with Crippen molar-refractivity contribution in [3.05, 3.63) is 28.7 Å². The first-order valence-corrected chi connectivity index (χ1v) is 8.03. The summed E-state index contributed by atoms with van der Waals surface area (Å²) < 4.78 is 1.07. The lowest BCUT2D eigenvalue weighted by Gasteiger charge is -2.17. The standard InChI is InChI=1S/C14H21BrN2OS/c1-9(8-17-14(18)10(2)11(3)16)19-13-6-4-12(15)5-7-13/h4-7,9-11H,8,16H2,1-3H3,(H,17,18). The van der Waals surface area contributed by atoms with E-state index >= 15 is 0 Å². The van der Waals surface area contributed by atoms with Gasteiger partial charge in [0.05, 0.1) is 0 Å². The highest BCUT2D eigenvalue weighted by Gasteiger charge is 2.17. The largest absolute Gasteiger partial charge is 0.355 e. The average Bonchev–Trinajstić information content (AvgIpc) is 2.37. The molecule has 0 radical (unpaired) electrons. The van der Waals surface area contributed by atoms with Gasteiger partial charge < -0.3 is 11.1 Å². The van der Waals surface area contributed by atoms with Crippen molar-refractivity contribution in [3.8, 4) is 0 Å². The zero-order valence-electron chi connectivity index (χ0n) is 11.5. The molecule has 3 nitrogen and oxygen atoms in total. The van der Waals surface area contributed by atoms with Gasteiger partial charge in [-0.15, -0.1) is 11.8 Å². The smallest absolute Gasteiger partial charge is 0.224 e. The van der Waals surface area contributed by atoms with Gasteiger partial charge in [0.2, 0.25) is 5.91 Å². The highest BCUT2D eigenvalue weighted by Crippen LogP contribution is 2.24. The van der Waals surface area contributed by atoms with Crippen molar-refractivity contribution in [1.82, 2.24) is 5.32 Å². The summed E-state index contributed by atoms with van der Waals surface area (Å²) in [5.41, 5.74) is 5.71. The fourth-order valence-corrected chi connectivity index (χ4v) is 2.62. The molecule has 3 N–H and O–H groups in total. The van der Waals surface area contributed by atoms with Gasteiger partial charge >= 0.3 is 0 Å². The fourth-order valence-electron chi connectivity index (χ4n) is 1.43. The fraction of sp³-hybridized carbons (Fsp3) is 0.500. The monoisotopic (exact) mass is 344 g/mol. The molecule has 0 saturated carbocycles. The van der Waals surface area contributed by atoms with Crippen molar-refractivity contribution < 1.29 is 4.79 Å². The van der Waals surface area contributed by atoms with Crippen LogP contribution in [0.15, 0.2) is 33.6 Å². The maximum Gasteiger partial charge on any atom is 0.224 e. The number of nitrogens with two attached hydrogens (primary N) is 1. The van der Waals surface area contributed by atoms with Crippen LogP contribution in [0.25, 0.3) is 0 Å². The summed E-state index contributed by atoms with van der Waals surface area (Å²) in [6.45, 7) is 6.46. The van der Waals surface area contributed by atoms with Gasteiger partial charge in [-0.1, -0.05) is 29.8 Å². The first-order valence-electron chi connectivity index (χ1n) is 6.35. The molecule has 19 heavy (non-hydrogen) atoms. The molecule has 3 atom stereocenters. The summed E-state index contributed by atoms with van der Waals surface area (Å²) in [6, 6.07) is 8.06. The number of rotatable bonds is 6. The van der Waals surface area contributed by atoms with Crippen molar-refractivity contribution in [1.29, 1.82) is 0 Å². The van der Waals surface area contributed by atoms with E-state index in [1.54, 1.807) is 11.8 Å². The van der Waals surface area contributed by atoms with E-state index in [2.05, 4.69) is 40.3 Å². The molecule has 1 aromatic carbocycles. The number of hydrogen-bond donors (Lipinski definition) is 2. The summed E-state index contributed by atoms with van der Waals surface area (Å²) in [5.74, 6) is -0.122. The molecular weight excluding hydrogens is 324 g/mol. The maximum absolute atomic E-state index is 11.8. The Morgan fingerprint density at radius 1 is 1.32 bits per heavy atom. The summed E-state index contributed by atoms with van der Waals surface area (Å²) in [6.07, 6.45) is 0. The Hall–Kier alpha value is -0.520. The number of amides is 1. The number of hydrogen-bond acceptors (Lipinski definition) is 3. The van der Waals surface area contributed by atoms with Gasteiger partial charge in [0, 0.05) is 33.1 Å². The second-order valence-electron chi connectivity index (χ2n) is 4.78. The zero-order valence-corrected chi connectivity index (χ0v) is 13.9. The Morgan fingerprint density at radius 3 is 2.42 bits per heavy atom. The molecule has 0 aliphatic carbocycles. The number of benzene rings is 1. The molecule has 0 saturated heterocycles. The molecule has 0 bridgehead atoms. The molecule has 106 valence electrons. The Kier molecular flexibility index (Phi) is 6.89. The number of carbonyl (C=O) groups is 1. The van der Waals surface area contributed by atoms with Crippen LogP contribution in [0.4, 0.5) is 0 Å². The van der Waals surface area contributed by atoms with Crippen LogP contribution >= 0.6 is 27.7 Å². The molecule has 3 unspecified atom stereocenters. The summed E-state index contributed by atoms with van der Waals surface area (Å²) in [4.78, 5) is 13.0. The first-order chi connectivity index (χ1) is 8.90. The number of carbonyl (C=O) groups excluding carboxylic acids is 1. The molecule has 0 aliphatic rings. The topological polar surface area (TPSA) is 55.1 Å². The van der Waals surface area contributed by atoms with Gasteiger partial charge in [-0.25, -0.2) is 0 Å². The van der Waals surface area contributed by atoms with Crippen LogP contribution in [0.1, 0.15) is 20.8 Å². The van der Waals surface area contributed by atoms with Crippen LogP contribution in [0.2, 0.25) is 0 Å². The minimum atomic E-state index is -0.148. The van der Waals surface area contributed by atoms with Crippen molar-refractivity contribution in [3.63, 3.8) is 0 Å². The Bertz CT molecular complexity index is 408. The number of halogens is 1. The van der Waals surface area contributed by atoms with E-state index in [-0.39, 0.29) is 17.9 Å². The van der Waals surface area contributed by atoms with Gasteiger partial charge in [-0.3, -0.25) is 4.79 Å². The van der Waals surface area contributed by atoms with Crippen LogP contribution in [0.5, 0.6) is 0 Å². The quantitative estimate of drug-likeness (QED) is 0.780. The predicted molar refractivity (Wildman–Crippen MR) is 85.3 cm³/mol. The molecule has 1 amide bonds. The Labute approximate surface area is 127 Å². The molecule has 5 heteroatoms. The normalized spacial score (nSPS) is 15.6. The second-order valence-corrected chi connectivity index (χ2v) is 7.20. The van der Waals surface area contributed by atoms with E-state index in [1.165, 1.54) is 4.90 Å². The summed E-state index contributed by atoms with van der Waals surface area (Å²) in [5, 5.41) is 3.27. The van der Waals surface area contributed by atoms with Gasteiger partial charge in [0.1, 0.15) is 0 Å². The Balaban J connectivity index is 2.37. The molecule has 0 aromatic heterocycles. The molecule has 0 aliphatic heterocycles. The predicted octanol–water partition coefficient (Wildman–Crippen LogP) is 3.03. The van der Waals surface area contributed by atoms with Crippen LogP contribution in [-0.2, 0) is 4.79 Å². The van der Waals surface area contributed by atoms with Crippen molar-refractivity contribution in [2.24, 2.45) is 11.7 Å². The number of nitrogens with one attached hydrogen (secondary N) is 1. The van der Waals surface area contributed by atoms with Crippen molar-refractivity contribution >= 4 is 33.6 Å². The molecular formula is C14H21BrN2OS. The third-order valence-electron chi connectivity index (χ3n) is 2.92. The van der Waals surface area contributed by atoms with E-state index in [9.17, 15) is 4.79 Å². The molecule has 1 rings (SSSR count). The molecule has 1 aromatic rings. The minimum absolute atomic E-state index is 0.0262. The van der Waals surface area contributed by atoms with E-state index < -0.39 is 0 Å². The molecule has 0 heterocycles. The zero-order chi connectivity index (χ0) is 14.4. The third kappa shape index (κ3) is 5.97. The SMILES string of the molecule is CC(CNC(=O)C(C)C(C)N)Sc1ccc(Br)cc1. The second kappa shape index (κ2) is 7.92. The molecule has 0 fully saturated rings. The molecule has 0 spiro atoms. The van der Waals surface area contributed by atoms with Crippen LogP contribution in [-0.4, -0.2) is 23.7 Å². The van der Waals surface area contributed by atoms with Crippen LogP contribution < -0.4 is 11.1 Å². The average molecular weight is 345 g/mol. The number of thioether (sulfide) groups is 1. The van der Waals surface area contributed by atoms with Crippen LogP contribution in [0.3, 0.4) is 0 Å².